The summed E-state index contributed by atoms with van der Waals surface area (Å²) in [6, 6.07) is 8.04. The minimum absolute atomic E-state index is 0.0629. The molecule has 0 aliphatic rings. The average Bonchev–Trinajstić information content (AvgIpc) is 2.38. The van der Waals surface area contributed by atoms with Crippen molar-refractivity contribution in [2.45, 2.75) is 20.3 Å². The molecular weight excluding hydrogens is 226 g/mol. The lowest BCUT2D eigenvalue weighted by molar-refractivity contribution is -0.116. The second-order valence-corrected chi connectivity index (χ2v) is 4.09. The molecule has 1 aromatic rings. The molecule has 1 amide bonds. The molecule has 0 aliphatic heterocycles. The van der Waals surface area contributed by atoms with Gasteiger partial charge in [-0.15, -0.1) is 0 Å². The van der Waals surface area contributed by atoms with Crippen LogP contribution < -0.4 is 5.32 Å². The summed E-state index contributed by atoms with van der Waals surface area (Å²) in [6.45, 7) is 6.07. The van der Waals surface area contributed by atoms with Crippen molar-refractivity contribution in [3.05, 3.63) is 41.5 Å². The monoisotopic (exact) mass is 247 g/mol. The second kappa shape index (κ2) is 8.48. The van der Waals surface area contributed by atoms with Crippen LogP contribution >= 0.6 is 0 Å². The molecule has 0 atom stereocenters. The van der Waals surface area contributed by atoms with E-state index in [1.165, 1.54) is 5.56 Å². The SMILES string of the molecule is CCOCCCNC(=O)/C=C/c1ccc(C)cc1. The van der Waals surface area contributed by atoms with Crippen LogP contribution in [0.3, 0.4) is 0 Å². The topological polar surface area (TPSA) is 38.3 Å². The number of benzene rings is 1. The standard InChI is InChI=1S/C15H21NO2/c1-3-18-12-4-11-16-15(17)10-9-14-7-5-13(2)6-8-14/h5-10H,3-4,11-12H2,1-2H3,(H,16,17)/b10-9+. The summed E-state index contributed by atoms with van der Waals surface area (Å²) >= 11 is 0. The zero-order chi connectivity index (χ0) is 13.2. The Bertz CT molecular complexity index is 382. The van der Waals surface area contributed by atoms with E-state index >= 15 is 0 Å². The Morgan fingerprint density at radius 1 is 1.33 bits per heavy atom. The van der Waals surface area contributed by atoms with Gasteiger partial charge >= 0.3 is 0 Å². The second-order valence-electron chi connectivity index (χ2n) is 4.09. The van der Waals surface area contributed by atoms with Crippen molar-refractivity contribution in [2.75, 3.05) is 19.8 Å². The van der Waals surface area contributed by atoms with E-state index < -0.39 is 0 Å². The van der Waals surface area contributed by atoms with E-state index in [9.17, 15) is 4.79 Å². The van der Waals surface area contributed by atoms with E-state index in [1.807, 2.05) is 44.2 Å². The molecule has 18 heavy (non-hydrogen) atoms. The summed E-state index contributed by atoms with van der Waals surface area (Å²) in [7, 11) is 0. The van der Waals surface area contributed by atoms with Gasteiger partial charge in [-0.1, -0.05) is 29.8 Å². The van der Waals surface area contributed by atoms with Gasteiger partial charge in [-0.2, -0.15) is 0 Å². The fourth-order valence-electron chi connectivity index (χ4n) is 1.44. The fraction of sp³-hybridized carbons (Fsp3) is 0.400. The maximum Gasteiger partial charge on any atom is 0.244 e. The van der Waals surface area contributed by atoms with Gasteiger partial charge < -0.3 is 10.1 Å². The van der Waals surface area contributed by atoms with Crippen LogP contribution in [-0.4, -0.2) is 25.7 Å². The molecule has 0 spiro atoms. The molecule has 98 valence electrons. The summed E-state index contributed by atoms with van der Waals surface area (Å²) in [5, 5.41) is 2.82. The van der Waals surface area contributed by atoms with E-state index in [0.29, 0.717) is 13.2 Å². The molecule has 0 bridgehead atoms. The summed E-state index contributed by atoms with van der Waals surface area (Å²) in [6.07, 6.45) is 4.22. The van der Waals surface area contributed by atoms with E-state index in [1.54, 1.807) is 6.08 Å². The predicted molar refractivity (Wildman–Crippen MR) is 74.3 cm³/mol. The molecule has 0 aliphatic carbocycles. The lowest BCUT2D eigenvalue weighted by Crippen LogP contribution is -2.23. The van der Waals surface area contributed by atoms with Gasteiger partial charge in [0.25, 0.3) is 0 Å². The molecule has 1 aromatic carbocycles. The van der Waals surface area contributed by atoms with Crippen molar-refractivity contribution >= 4 is 12.0 Å². The number of ether oxygens (including phenoxy) is 1. The van der Waals surface area contributed by atoms with Crippen LogP contribution in [0.1, 0.15) is 24.5 Å². The normalized spacial score (nSPS) is 10.8. The average molecular weight is 247 g/mol. The van der Waals surface area contributed by atoms with Crippen molar-refractivity contribution in [3.63, 3.8) is 0 Å². The first-order valence-electron chi connectivity index (χ1n) is 6.32. The van der Waals surface area contributed by atoms with Crippen molar-refractivity contribution in [2.24, 2.45) is 0 Å². The fourth-order valence-corrected chi connectivity index (χ4v) is 1.44. The Balaban J connectivity index is 2.25. The molecule has 3 nitrogen and oxygen atoms in total. The Morgan fingerprint density at radius 2 is 2.06 bits per heavy atom. The Kier molecular flexibility index (Phi) is 6.81. The molecule has 0 heterocycles. The summed E-state index contributed by atoms with van der Waals surface area (Å²) in [5.41, 5.74) is 2.25. The number of hydrogen-bond donors (Lipinski definition) is 1. The lowest BCUT2D eigenvalue weighted by Gasteiger charge is -2.02. The van der Waals surface area contributed by atoms with Crippen LogP contribution in [0.15, 0.2) is 30.3 Å². The first-order chi connectivity index (χ1) is 8.72. The maximum absolute atomic E-state index is 11.5. The molecule has 0 unspecified atom stereocenters. The molecule has 0 fully saturated rings. The van der Waals surface area contributed by atoms with Crippen LogP contribution in [0, 0.1) is 6.92 Å². The van der Waals surface area contributed by atoms with Crippen molar-refractivity contribution < 1.29 is 9.53 Å². The number of hydrogen-bond acceptors (Lipinski definition) is 2. The minimum atomic E-state index is -0.0629. The van der Waals surface area contributed by atoms with Gasteiger partial charge in [-0.25, -0.2) is 0 Å². The molecule has 0 saturated carbocycles. The van der Waals surface area contributed by atoms with Crippen molar-refractivity contribution in [1.82, 2.24) is 5.32 Å². The maximum atomic E-state index is 11.5. The first kappa shape index (κ1) is 14.5. The smallest absolute Gasteiger partial charge is 0.244 e. The Hall–Kier alpha value is -1.61. The summed E-state index contributed by atoms with van der Waals surface area (Å²) < 4.78 is 5.19. The highest BCUT2D eigenvalue weighted by atomic mass is 16.5. The van der Waals surface area contributed by atoms with E-state index in [2.05, 4.69) is 5.32 Å². The number of nitrogens with one attached hydrogen (secondary N) is 1. The van der Waals surface area contributed by atoms with Gasteiger partial charge in [-0.3, -0.25) is 4.79 Å². The minimum Gasteiger partial charge on any atom is -0.382 e. The Labute approximate surface area is 109 Å². The number of amides is 1. The molecule has 3 heteroatoms. The zero-order valence-electron chi connectivity index (χ0n) is 11.1. The summed E-state index contributed by atoms with van der Waals surface area (Å²) in [5.74, 6) is -0.0629. The third-order valence-corrected chi connectivity index (χ3v) is 2.47. The zero-order valence-corrected chi connectivity index (χ0v) is 11.1. The Morgan fingerprint density at radius 3 is 2.72 bits per heavy atom. The van der Waals surface area contributed by atoms with Crippen LogP contribution in [0.2, 0.25) is 0 Å². The van der Waals surface area contributed by atoms with E-state index in [-0.39, 0.29) is 5.91 Å². The van der Waals surface area contributed by atoms with Gasteiger partial charge in [0.15, 0.2) is 0 Å². The third kappa shape index (κ3) is 6.21. The number of rotatable bonds is 7. The quantitative estimate of drug-likeness (QED) is 0.594. The lowest BCUT2D eigenvalue weighted by atomic mass is 10.1. The van der Waals surface area contributed by atoms with E-state index in [4.69, 9.17) is 4.74 Å². The molecule has 1 N–H and O–H groups in total. The first-order valence-corrected chi connectivity index (χ1v) is 6.32. The largest absolute Gasteiger partial charge is 0.382 e. The number of carbonyl (C=O) groups is 1. The van der Waals surface area contributed by atoms with Gasteiger partial charge in [-0.05, 0) is 31.9 Å². The number of aryl methyl sites for hydroxylation is 1. The van der Waals surface area contributed by atoms with Gasteiger partial charge in [0.1, 0.15) is 0 Å². The van der Waals surface area contributed by atoms with Crippen LogP contribution in [0.5, 0.6) is 0 Å². The molecule has 0 aromatic heterocycles. The van der Waals surface area contributed by atoms with Gasteiger partial charge in [0, 0.05) is 25.8 Å². The number of carbonyl (C=O) groups excluding carboxylic acids is 1. The van der Waals surface area contributed by atoms with Gasteiger partial charge in [0.05, 0.1) is 0 Å². The highest BCUT2D eigenvalue weighted by Gasteiger charge is 1.94. The molecular formula is C15H21NO2. The predicted octanol–water partition coefficient (Wildman–Crippen LogP) is 2.55. The third-order valence-electron chi connectivity index (χ3n) is 2.47. The highest BCUT2D eigenvalue weighted by molar-refractivity contribution is 5.91. The van der Waals surface area contributed by atoms with Crippen LogP contribution in [-0.2, 0) is 9.53 Å². The van der Waals surface area contributed by atoms with Crippen LogP contribution in [0.25, 0.3) is 6.08 Å². The van der Waals surface area contributed by atoms with E-state index in [0.717, 1.165) is 18.6 Å². The van der Waals surface area contributed by atoms with Crippen molar-refractivity contribution in [1.29, 1.82) is 0 Å². The molecule has 1 rings (SSSR count). The van der Waals surface area contributed by atoms with Crippen LogP contribution in [0.4, 0.5) is 0 Å². The molecule has 0 radical (unpaired) electrons. The van der Waals surface area contributed by atoms with Gasteiger partial charge in [0.2, 0.25) is 5.91 Å². The molecule has 0 saturated heterocycles. The highest BCUT2D eigenvalue weighted by Crippen LogP contribution is 2.04. The van der Waals surface area contributed by atoms with Crippen molar-refractivity contribution in [3.8, 4) is 0 Å². The summed E-state index contributed by atoms with van der Waals surface area (Å²) in [4.78, 5) is 11.5.